The number of benzene rings is 2. The molecule has 5 heteroatoms. The maximum atomic E-state index is 12.0. The van der Waals surface area contributed by atoms with E-state index in [1.807, 2.05) is 6.07 Å². The summed E-state index contributed by atoms with van der Waals surface area (Å²) in [5.74, 6) is 0. The smallest absolute Gasteiger partial charge is 0.209 e. The molecule has 0 aromatic heterocycles. The van der Waals surface area contributed by atoms with Crippen LogP contribution in [0.3, 0.4) is 0 Å². The number of nitrogens with one attached hydrogen (secondary N) is 1. The first-order valence-electron chi connectivity index (χ1n) is 8.27. The summed E-state index contributed by atoms with van der Waals surface area (Å²) in [7, 11) is -3.27. The second-order valence-electron chi connectivity index (χ2n) is 6.70. The minimum atomic E-state index is -3.27. The van der Waals surface area contributed by atoms with E-state index in [1.54, 1.807) is 0 Å². The normalized spacial score (nSPS) is 25.1. The van der Waals surface area contributed by atoms with Crippen molar-refractivity contribution in [2.75, 3.05) is 19.3 Å². The van der Waals surface area contributed by atoms with Gasteiger partial charge in [0, 0.05) is 0 Å². The molecule has 2 aromatic rings. The topological polar surface area (TPSA) is 49.4 Å². The van der Waals surface area contributed by atoms with Crippen molar-refractivity contribution in [3.05, 3.63) is 47.5 Å². The van der Waals surface area contributed by atoms with E-state index >= 15 is 0 Å². The second kappa shape index (κ2) is 5.58. The van der Waals surface area contributed by atoms with Crippen molar-refractivity contribution >= 4 is 20.8 Å². The van der Waals surface area contributed by atoms with Gasteiger partial charge in [-0.1, -0.05) is 42.8 Å². The zero-order valence-electron chi connectivity index (χ0n) is 13.3. The van der Waals surface area contributed by atoms with E-state index in [1.165, 1.54) is 41.9 Å². The van der Waals surface area contributed by atoms with Crippen LogP contribution in [-0.4, -0.2) is 32.7 Å². The number of rotatable bonds is 3. The fraction of sp³-hybridized carbons (Fsp3) is 0.444. The van der Waals surface area contributed by atoms with Crippen LogP contribution in [0.15, 0.2) is 36.4 Å². The molecule has 1 saturated heterocycles. The van der Waals surface area contributed by atoms with Gasteiger partial charge in [-0.25, -0.2) is 13.1 Å². The quantitative estimate of drug-likeness (QED) is 0.941. The van der Waals surface area contributed by atoms with Gasteiger partial charge in [-0.2, -0.15) is 0 Å². The molecule has 1 aliphatic heterocycles. The highest BCUT2D eigenvalue weighted by Crippen LogP contribution is 2.47. The maximum Gasteiger partial charge on any atom is 0.209 e. The van der Waals surface area contributed by atoms with Gasteiger partial charge in [-0.15, -0.1) is 0 Å². The number of likely N-dealkylation sites (tertiary alicyclic amines) is 1. The second-order valence-corrected chi connectivity index (χ2v) is 8.48. The van der Waals surface area contributed by atoms with Crippen LogP contribution >= 0.6 is 0 Å². The van der Waals surface area contributed by atoms with Gasteiger partial charge in [0.05, 0.1) is 18.3 Å². The van der Waals surface area contributed by atoms with Gasteiger partial charge in [0.1, 0.15) is 0 Å². The third-order valence-corrected chi connectivity index (χ3v) is 5.75. The van der Waals surface area contributed by atoms with Gasteiger partial charge >= 0.3 is 0 Å². The van der Waals surface area contributed by atoms with Gasteiger partial charge in [0.2, 0.25) is 10.0 Å². The molecule has 4 nitrogen and oxygen atoms in total. The molecule has 0 amide bonds. The van der Waals surface area contributed by atoms with E-state index in [0.717, 1.165) is 18.7 Å². The van der Waals surface area contributed by atoms with Gasteiger partial charge < -0.3 is 0 Å². The third-order valence-electron chi connectivity index (χ3n) is 5.06. The number of hydrogen-bond acceptors (Lipinski definition) is 3. The Morgan fingerprint density at radius 1 is 1.00 bits per heavy atom. The number of nitrogens with zero attached hydrogens (tertiary/aromatic N) is 1. The van der Waals surface area contributed by atoms with E-state index in [0.29, 0.717) is 0 Å². The highest BCUT2D eigenvalue weighted by molar-refractivity contribution is 7.88. The molecule has 4 rings (SSSR count). The highest BCUT2D eigenvalue weighted by Gasteiger charge is 2.39. The molecule has 2 atom stereocenters. The van der Waals surface area contributed by atoms with E-state index in [9.17, 15) is 8.42 Å². The molecule has 23 heavy (non-hydrogen) atoms. The zero-order valence-corrected chi connectivity index (χ0v) is 14.1. The molecule has 1 N–H and O–H groups in total. The van der Waals surface area contributed by atoms with Gasteiger partial charge in [-0.3, -0.25) is 4.90 Å². The molecule has 2 aromatic carbocycles. The lowest BCUT2D eigenvalue weighted by Gasteiger charge is -2.36. The van der Waals surface area contributed by atoms with E-state index < -0.39 is 10.0 Å². The van der Waals surface area contributed by atoms with Crippen LogP contribution in [0.4, 0.5) is 0 Å². The standard InChI is InChI=1S/C18H22N2O2S/c1-23(21,22)19-17-14-9-5-7-13-8-6-10-15(16(13)14)18(17)20-11-3-2-4-12-20/h5-10,17-19H,2-4,11-12H2,1H3/t17-,18-/m0/s1. The number of hydrogen-bond donors (Lipinski definition) is 1. The molecular formula is C18H22N2O2S. The number of piperidine rings is 1. The Kier molecular flexibility index (Phi) is 3.67. The highest BCUT2D eigenvalue weighted by atomic mass is 32.2. The average Bonchev–Trinajstić information content (AvgIpc) is 2.83. The molecule has 1 heterocycles. The first-order valence-corrected chi connectivity index (χ1v) is 10.2. The Morgan fingerprint density at radius 2 is 1.65 bits per heavy atom. The molecule has 0 radical (unpaired) electrons. The summed E-state index contributed by atoms with van der Waals surface area (Å²) in [4.78, 5) is 2.46. The third kappa shape index (κ3) is 2.67. The summed E-state index contributed by atoms with van der Waals surface area (Å²) in [5.41, 5.74) is 2.38. The van der Waals surface area contributed by atoms with Crippen molar-refractivity contribution in [1.29, 1.82) is 0 Å². The van der Waals surface area contributed by atoms with Gasteiger partial charge in [-0.05, 0) is 47.8 Å². The van der Waals surface area contributed by atoms with E-state index in [4.69, 9.17) is 0 Å². The largest absolute Gasteiger partial charge is 0.294 e. The summed E-state index contributed by atoms with van der Waals surface area (Å²) in [6.45, 7) is 2.08. The minimum absolute atomic E-state index is 0.103. The van der Waals surface area contributed by atoms with Crippen LogP contribution in [0.2, 0.25) is 0 Å². The lowest BCUT2D eigenvalue weighted by atomic mass is 10.0. The van der Waals surface area contributed by atoms with Crippen molar-refractivity contribution in [3.63, 3.8) is 0 Å². The van der Waals surface area contributed by atoms with Crippen molar-refractivity contribution in [2.45, 2.75) is 31.3 Å². The minimum Gasteiger partial charge on any atom is -0.294 e. The summed E-state index contributed by atoms with van der Waals surface area (Å²) in [6, 6.07) is 12.5. The van der Waals surface area contributed by atoms with Crippen molar-refractivity contribution < 1.29 is 8.42 Å². The van der Waals surface area contributed by atoms with Crippen LogP contribution in [-0.2, 0) is 10.0 Å². The molecule has 122 valence electrons. The van der Waals surface area contributed by atoms with Crippen LogP contribution < -0.4 is 4.72 Å². The molecule has 0 bridgehead atoms. The van der Waals surface area contributed by atoms with Crippen molar-refractivity contribution in [1.82, 2.24) is 9.62 Å². The molecule has 1 aliphatic carbocycles. The summed E-state index contributed by atoms with van der Waals surface area (Å²) in [5, 5.41) is 2.42. The average molecular weight is 330 g/mol. The first-order chi connectivity index (χ1) is 11.0. The first kappa shape index (κ1) is 15.1. The molecule has 2 aliphatic rings. The fourth-order valence-corrected chi connectivity index (χ4v) is 4.93. The SMILES string of the molecule is CS(=O)(=O)N[C@H]1c2cccc3cccc(c23)[C@@H]1N1CCCCC1. The Labute approximate surface area is 137 Å². The number of sulfonamides is 1. The van der Waals surface area contributed by atoms with Crippen molar-refractivity contribution in [3.8, 4) is 0 Å². The maximum absolute atomic E-state index is 12.0. The molecule has 0 spiro atoms. The van der Waals surface area contributed by atoms with Crippen molar-refractivity contribution in [2.24, 2.45) is 0 Å². The lowest BCUT2D eigenvalue weighted by Crippen LogP contribution is -2.40. The van der Waals surface area contributed by atoms with Crippen LogP contribution in [0.5, 0.6) is 0 Å². The summed E-state index contributed by atoms with van der Waals surface area (Å²) in [6.07, 6.45) is 4.90. The Bertz CT molecular complexity index is 836. The summed E-state index contributed by atoms with van der Waals surface area (Å²) < 4.78 is 26.8. The van der Waals surface area contributed by atoms with Crippen LogP contribution in [0.25, 0.3) is 10.8 Å². The fourth-order valence-electron chi connectivity index (χ4n) is 4.22. The Hall–Kier alpha value is -1.43. The predicted molar refractivity (Wildman–Crippen MR) is 92.8 cm³/mol. The molecule has 0 saturated carbocycles. The molecule has 0 unspecified atom stereocenters. The molecular weight excluding hydrogens is 308 g/mol. The monoisotopic (exact) mass is 330 g/mol. The van der Waals surface area contributed by atoms with E-state index in [-0.39, 0.29) is 12.1 Å². The van der Waals surface area contributed by atoms with Crippen LogP contribution in [0.1, 0.15) is 42.5 Å². The van der Waals surface area contributed by atoms with Crippen LogP contribution in [0, 0.1) is 0 Å². The zero-order chi connectivity index (χ0) is 16.0. The predicted octanol–water partition coefficient (Wildman–Crippen LogP) is 2.97. The Morgan fingerprint density at radius 3 is 2.30 bits per heavy atom. The lowest BCUT2D eigenvalue weighted by molar-refractivity contribution is 0.143. The van der Waals surface area contributed by atoms with Gasteiger partial charge in [0.15, 0.2) is 0 Å². The molecule has 1 fully saturated rings. The Balaban J connectivity index is 1.87. The van der Waals surface area contributed by atoms with E-state index in [2.05, 4.69) is 40.0 Å². The van der Waals surface area contributed by atoms with Gasteiger partial charge in [0.25, 0.3) is 0 Å². The summed E-state index contributed by atoms with van der Waals surface area (Å²) >= 11 is 0.